The Hall–Kier alpha value is -2.98. The van der Waals surface area contributed by atoms with Gasteiger partial charge < -0.3 is 5.32 Å². The first-order valence-electron chi connectivity index (χ1n) is 8.01. The standard InChI is InChI=1S/C21H18N2OS/c24-20(17-11-5-2-6-12-17)23-21(25)22-19-14-8-7-13-18(19)15-16-9-3-1-4-10-16/h1-14H,15H2,(H2,22,23,24,25). The van der Waals surface area contributed by atoms with E-state index in [0.29, 0.717) is 5.56 Å². The predicted octanol–water partition coefficient (Wildman–Crippen LogP) is 4.40. The highest BCUT2D eigenvalue weighted by molar-refractivity contribution is 7.80. The summed E-state index contributed by atoms with van der Waals surface area (Å²) in [5.41, 5.74) is 3.80. The fourth-order valence-electron chi connectivity index (χ4n) is 2.53. The number of carbonyl (C=O) groups excluding carboxylic acids is 1. The fourth-order valence-corrected chi connectivity index (χ4v) is 2.73. The van der Waals surface area contributed by atoms with Crippen LogP contribution < -0.4 is 10.6 Å². The summed E-state index contributed by atoms with van der Waals surface area (Å²) < 4.78 is 0. The largest absolute Gasteiger partial charge is 0.332 e. The molecule has 0 unspecified atom stereocenters. The van der Waals surface area contributed by atoms with Crippen LogP contribution in [-0.2, 0) is 6.42 Å². The van der Waals surface area contributed by atoms with Crippen molar-refractivity contribution in [1.82, 2.24) is 5.32 Å². The van der Waals surface area contributed by atoms with Crippen LogP contribution >= 0.6 is 12.2 Å². The first-order valence-corrected chi connectivity index (χ1v) is 8.42. The number of hydrogen-bond donors (Lipinski definition) is 2. The molecule has 0 bridgehead atoms. The maximum Gasteiger partial charge on any atom is 0.257 e. The summed E-state index contributed by atoms with van der Waals surface area (Å²) >= 11 is 5.29. The molecule has 0 aliphatic rings. The van der Waals surface area contributed by atoms with Gasteiger partial charge in [-0.15, -0.1) is 0 Å². The zero-order chi connectivity index (χ0) is 17.5. The van der Waals surface area contributed by atoms with Crippen molar-refractivity contribution in [3.63, 3.8) is 0 Å². The van der Waals surface area contributed by atoms with Gasteiger partial charge in [0.15, 0.2) is 5.11 Å². The lowest BCUT2D eigenvalue weighted by Crippen LogP contribution is -2.34. The molecule has 3 aromatic carbocycles. The Kier molecular flexibility index (Phi) is 5.54. The molecule has 0 aliphatic carbocycles. The van der Waals surface area contributed by atoms with E-state index in [4.69, 9.17) is 12.2 Å². The minimum Gasteiger partial charge on any atom is -0.332 e. The molecule has 0 heterocycles. The smallest absolute Gasteiger partial charge is 0.257 e. The molecule has 0 saturated heterocycles. The van der Waals surface area contributed by atoms with Crippen molar-refractivity contribution < 1.29 is 4.79 Å². The van der Waals surface area contributed by atoms with Crippen LogP contribution in [0.4, 0.5) is 5.69 Å². The molecular formula is C21H18N2OS. The Morgan fingerprint density at radius 3 is 2.12 bits per heavy atom. The first kappa shape index (κ1) is 16.9. The molecule has 25 heavy (non-hydrogen) atoms. The van der Waals surface area contributed by atoms with Crippen molar-refractivity contribution in [3.8, 4) is 0 Å². The lowest BCUT2D eigenvalue weighted by atomic mass is 10.0. The minimum absolute atomic E-state index is 0.223. The highest BCUT2D eigenvalue weighted by Crippen LogP contribution is 2.19. The molecule has 124 valence electrons. The third-order valence-electron chi connectivity index (χ3n) is 3.77. The maximum atomic E-state index is 12.2. The Morgan fingerprint density at radius 1 is 0.800 bits per heavy atom. The highest BCUT2D eigenvalue weighted by Gasteiger charge is 2.09. The van der Waals surface area contributed by atoms with Gasteiger partial charge in [0, 0.05) is 11.3 Å². The van der Waals surface area contributed by atoms with Gasteiger partial charge >= 0.3 is 0 Å². The minimum atomic E-state index is -0.223. The number of amides is 1. The summed E-state index contributed by atoms with van der Waals surface area (Å²) in [6.45, 7) is 0. The molecule has 0 fully saturated rings. The van der Waals surface area contributed by atoms with Gasteiger partial charge in [-0.2, -0.15) is 0 Å². The van der Waals surface area contributed by atoms with E-state index in [9.17, 15) is 4.79 Å². The van der Waals surface area contributed by atoms with Crippen LogP contribution in [0.15, 0.2) is 84.9 Å². The molecule has 0 aliphatic heterocycles. The summed E-state index contributed by atoms with van der Waals surface area (Å²) in [4.78, 5) is 12.2. The number of hydrogen-bond acceptors (Lipinski definition) is 2. The second kappa shape index (κ2) is 8.22. The van der Waals surface area contributed by atoms with E-state index < -0.39 is 0 Å². The topological polar surface area (TPSA) is 41.1 Å². The molecule has 2 N–H and O–H groups in total. The van der Waals surface area contributed by atoms with E-state index in [0.717, 1.165) is 17.7 Å². The molecule has 3 rings (SSSR count). The molecule has 0 radical (unpaired) electrons. The van der Waals surface area contributed by atoms with Crippen molar-refractivity contribution in [3.05, 3.63) is 102 Å². The summed E-state index contributed by atoms with van der Waals surface area (Å²) in [7, 11) is 0. The van der Waals surface area contributed by atoms with Gasteiger partial charge in [-0.05, 0) is 48.0 Å². The Morgan fingerprint density at radius 2 is 1.40 bits per heavy atom. The van der Waals surface area contributed by atoms with Gasteiger partial charge in [-0.1, -0.05) is 66.7 Å². The van der Waals surface area contributed by atoms with Crippen LogP contribution in [0.5, 0.6) is 0 Å². The maximum absolute atomic E-state index is 12.2. The second-order valence-electron chi connectivity index (χ2n) is 5.59. The van der Waals surface area contributed by atoms with Crippen LogP contribution in [-0.4, -0.2) is 11.0 Å². The van der Waals surface area contributed by atoms with Gasteiger partial charge in [-0.3, -0.25) is 10.1 Å². The predicted molar refractivity (Wildman–Crippen MR) is 106 cm³/mol. The first-order chi connectivity index (χ1) is 12.2. The Balaban J connectivity index is 1.68. The quantitative estimate of drug-likeness (QED) is 0.688. The molecule has 1 amide bonds. The van der Waals surface area contributed by atoms with Gasteiger partial charge in [0.2, 0.25) is 0 Å². The molecule has 0 spiro atoms. The van der Waals surface area contributed by atoms with Crippen molar-refractivity contribution >= 4 is 28.9 Å². The number of anilines is 1. The van der Waals surface area contributed by atoms with E-state index in [1.54, 1.807) is 12.1 Å². The van der Waals surface area contributed by atoms with E-state index >= 15 is 0 Å². The molecule has 3 nitrogen and oxygen atoms in total. The molecule has 4 heteroatoms. The van der Waals surface area contributed by atoms with Gasteiger partial charge in [0.1, 0.15) is 0 Å². The zero-order valence-corrected chi connectivity index (χ0v) is 14.4. The van der Waals surface area contributed by atoms with Crippen molar-refractivity contribution in [1.29, 1.82) is 0 Å². The van der Waals surface area contributed by atoms with Crippen LogP contribution in [0.2, 0.25) is 0 Å². The number of carbonyl (C=O) groups is 1. The monoisotopic (exact) mass is 346 g/mol. The average Bonchev–Trinajstić information content (AvgIpc) is 2.65. The number of nitrogens with one attached hydrogen (secondary N) is 2. The van der Waals surface area contributed by atoms with E-state index in [1.165, 1.54) is 5.56 Å². The van der Waals surface area contributed by atoms with E-state index in [1.807, 2.05) is 54.6 Å². The zero-order valence-electron chi connectivity index (χ0n) is 13.6. The van der Waals surface area contributed by atoms with Crippen LogP contribution in [0, 0.1) is 0 Å². The molecule has 0 aromatic heterocycles. The van der Waals surface area contributed by atoms with Gasteiger partial charge in [-0.25, -0.2) is 0 Å². The van der Waals surface area contributed by atoms with E-state index in [-0.39, 0.29) is 11.0 Å². The van der Waals surface area contributed by atoms with Gasteiger partial charge in [0.05, 0.1) is 0 Å². The average molecular weight is 346 g/mol. The molecule has 0 saturated carbocycles. The van der Waals surface area contributed by atoms with Crippen LogP contribution in [0.1, 0.15) is 21.5 Å². The molecule has 0 atom stereocenters. The Bertz CT molecular complexity index is 863. The summed E-state index contributed by atoms with van der Waals surface area (Å²) in [6.07, 6.45) is 0.791. The van der Waals surface area contributed by atoms with E-state index in [2.05, 4.69) is 28.8 Å². The third kappa shape index (κ3) is 4.75. The van der Waals surface area contributed by atoms with Crippen LogP contribution in [0.3, 0.4) is 0 Å². The summed E-state index contributed by atoms with van der Waals surface area (Å²) in [6, 6.07) is 27.2. The van der Waals surface area contributed by atoms with Crippen molar-refractivity contribution in [2.75, 3.05) is 5.32 Å². The SMILES string of the molecule is O=C(NC(=S)Nc1ccccc1Cc1ccccc1)c1ccccc1. The number of rotatable bonds is 4. The third-order valence-corrected chi connectivity index (χ3v) is 3.97. The van der Waals surface area contributed by atoms with Crippen molar-refractivity contribution in [2.45, 2.75) is 6.42 Å². The number of benzene rings is 3. The molecular weight excluding hydrogens is 328 g/mol. The summed E-state index contributed by atoms with van der Waals surface area (Å²) in [5, 5.41) is 6.13. The Labute approximate surface area is 152 Å². The van der Waals surface area contributed by atoms with Crippen molar-refractivity contribution in [2.24, 2.45) is 0 Å². The second-order valence-corrected chi connectivity index (χ2v) is 6.00. The molecule has 3 aromatic rings. The number of thiocarbonyl (C=S) groups is 1. The number of para-hydroxylation sites is 1. The normalized spacial score (nSPS) is 10.1. The lowest BCUT2D eigenvalue weighted by Gasteiger charge is -2.13. The van der Waals surface area contributed by atoms with Crippen LogP contribution in [0.25, 0.3) is 0 Å². The highest BCUT2D eigenvalue weighted by atomic mass is 32.1. The summed E-state index contributed by atoms with van der Waals surface area (Å²) in [5.74, 6) is -0.223. The van der Waals surface area contributed by atoms with Gasteiger partial charge in [0.25, 0.3) is 5.91 Å². The fraction of sp³-hybridized carbons (Fsp3) is 0.0476. The lowest BCUT2D eigenvalue weighted by molar-refractivity contribution is 0.0977.